The summed E-state index contributed by atoms with van der Waals surface area (Å²) in [6.07, 6.45) is 3.81. The van der Waals surface area contributed by atoms with Gasteiger partial charge in [0, 0.05) is 17.3 Å². The van der Waals surface area contributed by atoms with Crippen LogP contribution >= 0.6 is 11.3 Å². The molecule has 23 heavy (non-hydrogen) atoms. The molecule has 3 aromatic rings. The number of amides is 1. The molecule has 0 aliphatic heterocycles. The summed E-state index contributed by atoms with van der Waals surface area (Å²) >= 11 is 1.47. The maximum Gasteiger partial charge on any atom is 0.229 e. The largest absolute Gasteiger partial charge is 0.396 e. The van der Waals surface area contributed by atoms with Crippen molar-refractivity contribution in [3.8, 4) is 10.4 Å². The van der Waals surface area contributed by atoms with E-state index in [1.165, 1.54) is 11.3 Å². The van der Waals surface area contributed by atoms with Crippen molar-refractivity contribution >= 4 is 27.9 Å². The van der Waals surface area contributed by atoms with Crippen molar-refractivity contribution in [1.82, 2.24) is 4.98 Å². The Labute approximate surface area is 139 Å². The number of hydrogen-bond acceptors (Lipinski definition) is 4. The number of pyridine rings is 1. The first-order valence-corrected chi connectivity index (χ1v) is 8.08. The zero-order valence-corrected chi connectivity index (χ0v) is 13.6. The van der Waals surface area contributed by atoms with Crippen LogP contribution in [-0.2, 0) is 11.2 Å². The number of nitrogens with zero attached hydrogens (tertiary/aromatic N) is 1. The SMILES string of the molecule is Cc1cccc(CC(=O)Nc2sc(-c3ccncc3)cc2N)c1. The van der Waals surface area contributed by atoms with Gasteiger partial charge in [-0.2, -0.15) is 0 Å². The summed E-state index contributed by atoms with van der Waals surface area (Å²) < 4.78 is 0. The smallest absolute Gasteiger partial charge is 0.229 e. The van der Waals surface area contributed by atoms with Gasteiger partial charge in [0.05, 0.1) is 12.1 Å². The average molecular weight is 323 g/mol. The minimum absolute atomic E-state index is 0.0644. The van der Waals surface area contributed by atoms with E-state index in [0.29, 0.717) is 17.1 Å². The lowest BCUT2D eigenvalue weighted by Gasteiger charge is -2.05. The normalized spacial score (nSPS) is 10.5. The fourth-order valence-corrected chi connectivity index (χ4v) is 3.34. The number of anilines is 2. The number of aromatic nitrogens is 1. The second-order valence-corrected chi connectivity index (χ2v) is 6.40. The Bertz CT molecular complexity index is 827. The standard InChI is InChI=1S/C18H17N3OS/c1-12-3-2-4-13(9-12)10-17(22)21-18-15(19)11-16(23-18)14-5-7-20-8-6-14/h2-9,11H,10,19H2,1H3,(H,21,22). The van der Waals surface area contributed by atoms with Crippen LogP contribution in [0.25, 0.3) is 10.4 Å². The van der Waals surface area contributed by atoms with Crippen LogP contribution in [-0.4, -0.2) is 10.9 Å². The van der Waals surface area contributed by atoms with Crippen LogP contribution in [0.1, 0.15) is 11.1 Å². The molecule has 0 aliphatic carbocycles. The van der Waals surface area contributed by atoms with Crippen LogP contribution in [0.15, 0.2) is 54.9 Å². The maximum atomic E-state index is 12.2. The van der Waals surface area contributed by atoms with Crippen molar-refractivity contribution in [2.75, 3.05) is 11.1 Å². The van der Waals surface area contributed by atoms with Crippen molar-refractivity contribution in [2.45, 2.75) is 13.3 Å². The predicted molar refractivity (Wildman–Crippen MR) is 95.5 cm³/mol. The molecule has 2 heterocycles. The van der Waals surface area contributed by atoms with E-state index < -0.39 is 0 Å². The van der Waals surface area contributed by atoms with Crippen LogP contribution in [0, 0.1) is 6.92 Å². The Kier molecular flexibility index (Phi) is 4.39. The molecule has 0 unspecified atom stereocenters. The van der Waals surface area contributed by atoms with Gasteiger partial charge in [-0.25, -0.2) is 0 Å². The summed E-state index contributed by atoms with van der Waals surface area (Å²) in [6, 6.07) is 13.7. The van der Waals surface area contributed by atoms with Gasteiger partial charge in [-0.05, 0) is 36.2 Å². The number of nitrogens with two attached hydrogens (primary N) is 1. The Balaban J connectivity index is 1.73. The molecule has 0 spiro atoms. The second kappa shape index (κ2) is 6.62. The number of carbonyl (C=O) groups excluding carboxylic acids is 1. The lowest BCUT2D eigenvalue weighted by molar-refractivity contribution is -0.115. The lowest BCUT2D eigenvalue weighted by atomic mass is 10.1. The molecule has 2 aromatic heterocycles. The molecule has 0 radical (unpaired) electrons. The van der Waals surface area contributed by atoms with Gasteiger partial charge >= 0.3 is 0 Å². The molecule has 3 N–H and O–H groups in total. The van der Waals surface area contributed by atoms with Gasteiger partial charge in [0.2, 0.25) is 5.91 Å². The summed E-state index contributed by atoms with van der Waals surface area (Å²) in [5, 5.41) is 3.60. The highest BCUT2D eigenvalue weighted by atomic mass is 32.1. The number of benzene rings is 1. The van der Waals surface area contributed by atoms with Crippen molar-refractivity contribution in [3.63, 3.8) is 0 Å². The Morgan fingerprint density at radius 2 is 2.00 bits per heavy atom. The maximum absolute atomic E-state index is 12.2. The van der Waals surface area contributed by atoms with Gasteiger partial charge in [-0.3, -0.25) is 9.78 Å². The van der Waals surface area contributed by atoms with Gasteiger partial charge in [-0.15, -0.1) is 11.3 Å². The summed E-state index contributed by atoms with van der Waals surface area (Å²) in [5.74, 6) is -0.0644. The lowest BCUT2D eigenvalue weighted by Crippen LogP contribution is -2.14. The third-order valence-corrected chi connectivity index (χ3v) is 4.54. The van der Waals surface area contributed by atoms with Crippen molar-refractivity contribution in [2.24, 2.45) is 0 Å². The fraction of sp³-hybridized carbons (Fsp3) is 0.111. The molecule has 0 aliphatic rings. The highest BCUT2D eigenvalue weighted by Crippen LogP contribution is 2.36. The number of nitrogen functional groups attached to an aromatic ring is 1. The molecule has 116 valence electrons. The second-order valence-electron chi connectivity index (χ2n) is 5.35. The molecule has 1 aromatic carbocycles. The van der Waals surface area contributed by atoms with Crippen molar-refractivity contribution in [1.29, 1.82) is 0 Å². The molecule has 0 bridgehead atoms. The molecule has 5 heteroatoms. The van der Waals surface area contributed by atoms with Crippen LogP contribution in [0.4, 0.5) is 10.7 Å². The Morgan fingerprint density at radius 1 is 1.22 bits per heavy atom. The minimum Gasteiger partial charge on any atom is -0.396 e. The molecule has 0 fully saturated rings. The first-order chi connectivity index (χ1) is 11.1. The summed E-state index contributed by atoms with van der Waals surface area (Å²) in [5.41, 5.74) is 9.78. The number of carbonyl (C=O) groups is 1. The molecule has 1 amide bonds. The highest BCUT2D eigenvalue weighted by Gasteiger charge is 2.11. The van der Waals surface area contributed by atoms with E-state index in [-0.39, 0.29) is 5.91 Å². The van der Waals surface area contributed by atoms with E-state index in [2.05, 4.69) is 10.3 Å². The van der Waals surface area contributed by atoms with E-state index >= 15 is 0 Å². The zero-order valence-electron chi connectivity index (χ0n) is 12.7. The first-order valence-electron chi connectivity index (χ1n) is 7.27. The minimum atomic E-state index is -0.0644. The van der Waals surface area contributed by atoms with Crippen LogP contribution in [0.5, 0.6) is 0 Å². The van der Waals surface area contributed by atoms with Gasteiger partial charge < -0.3 is 11.1 Å². The van der Waals surface area contributed by atoms with Gasteiger partial charge in [0.25, 0.3) is 0 Å². The van der Waals surface area contributed by atoms with Crippen LogP contribution in [0.2, 0.25) is 0 Å². The third-order valence-electron chi connectivity index (χ3n) is 3.43. The van der Waals surface area contributed by atoms with E-state index in [4.69, 9.17) is 5.73 Å². The number of aryl methyl sites for hydroxylation is 1. The monoisotopic (exact) mass is 323 g/mol. The Hall–Kier alpha value is -2.66. The average Bonchev–Trinajstić information content (AvgIpc) is 2.89. The Morgan fingerprint density at radius 3 is 2.74 bits per heavy atom. The first kappa shape index (κ1) is 15.2. The molecule has 4 nitrogen and oxygen atoms in total. The fourth-order valence-electron chi connectivity index (χ4n) is 2.34. The topological polar surface area (TPSA) is 68.0 Å². The number of thiophene rings is 1. The number of rotatable bonds is 4. The summed E-state index contributed by atoms with van der Waals surface area (Å²) in [7, 11) is 0. The van der Waals surface area contributed by atoms with E-state index in [1.807, 2.05) is 49.4 Å². The van der Waals surface area contributed by atoms with Gasteiger partial charge in [-0.1, -0.05) is 29.8 Å². The summed E-state index contributed by atoms with van der Waals surface area (Å²) in [6.45, 7) is 2.01. The molecular weight excluding hydrogens is 306 g/mol. The highest BCUT2D eigenvalue weighted by molar-refractivity contribution is 7.20. The number of nitrogens with one attached hydrogen (secondary N) is 1. The van der Waals surface area contributed by atoms with Crippen molar-refractivity contribution < 1.29 is 4.79 Å². The third kappa shape index (κ3) is 3.76. The molecule has 3 rings (SSSR count). The van der Waals surface area contributed by atoms with Crippen LogP contribution in [0.3, 0.4) is 0 Å². The molecular formula is C18H17N3OS. The predicted octanol–water partition coefficient (Wildman–Crippen LogP) is 3.88. The molecule has 0 atom stereocenters. The van der Waals surface area contributed by atoms with Crippen molar-refractivity contribution in [3.05, 3.63) is 66.0 Å². The zero-order chi connectivity index (χ0) is 16.2. The number of hydrogen-bond donors (Lipinski definition) is 2. The van der Waals surface area contributed by atoms with E-state index in [9.17, 15) is 4.79 Å². The van der Waals surface area contributed by atoms with Crippen LogP contribution < -0.4 is 11.1 Å². The summed E-state index contributed by atoms with van der Waals surface area (Å²) in [4.78, 5) is 17.2. The quantitative estimate of drug-likeness (QED) is 0.765. The van der Waals surface area contributed by atoms with Gasteiger partial charge in [0.15, 0.2) is 0 Å². The molecule has 0 saturated heterocycles. The van der Waals surface area contributed by atoms with Gasteiger partial charge in [0.1, 0.15) is 5.00 Å². The van der Waals surface area contributed by atoms with E-state index in [0.717, 1.165) is 21.6 Å². The molecule has 0 saturated carbocycles. The van der Waals surface area contributed by atoms with E-state index in [1.54, 1.807) is 12.4 Å².